The Hall–Kier alpha value is -3.95. The van der Waals surface area contributed by atoms with Crippen LogP contribution in [0.15, 0.2) is 53.9 Å². The van der Waals surface area contributed by atoms with E-state index < -0.39 is 5.97 Å². The average Bonchev–Trinajstić information content (AvgIpc) is 3.47. The number of allylic oxidation sites excluding steroid dienone is 3. The summed E-state index contributed by atoms with van der Waals surface area (Å²) in [6.07, 6.45) is 7.30. The van der Waals surface area contributed by atoms with E-state index in [-0.39, 0.29) is 17.5 Å². The summed E-state index contributed by atoms with van der Waals surface area (Å²) in [7, 11) is 0. The SMILES string of the molecule is C/C=C(\C(OCc1ccc2c(c1C)CCN([C@@H]1CCCOC1)C2)=C(\C)CC)c1cccc(-n2ncc(C(=O)O)c2OC(C)C)n1. The van der Waals surface area contributed by atoms with Gasteiger partial charge in [0.25, 0.3) is 0 Å². The highest BCUT2D eigenvalue weighted by Gasteiger charge is 2.27. The third-order valence-corrected chi connectivity index (χ3v) is 8.84. The lowest BCUT2D eigenvalue weighted by Gasteiger charge is -2.38. The maximum Gasteiger partial charge on any atom is 0.342 e. The first-order valence-corrected chi connectivity index (χ1v) is 16.1. The molecule has 2 aliphatic rings. The van der Waals surface area contributed by atoms with Gasteiger partial charge in [0.2, 0.25) is 5.88 Å². The zero-order valence-electron chi connectivity index (χ0n) is 27.4. The molecule has 5 rings (SSSR count). The minimum Gasteiger partial charge on any atom is -0.488 e. The molecular weight excluding hydrogens is 568 g/mol. The molecule has 2 aliphatic heterocycles. The van der Waals surface area contributed by atoms with E-state index in [0.717, 1.165) is 62.5 Å². The van der Waals surface area contributed by atoms with E-state index in [1.807, 2.05) is 39.0 Å². The lowest BCUT2D eigenvalue weighted by atomic mass is 9.90. The van der Waals surface area contributed by atoms with Gasteiger partial charge in [0, 0.05) is 31.3 Å². The molecule has 9 heteroatoms. The number of aromatic nitrogens is 3. The van der Waals surface area contributed by atoms with Crippen molar-refractivity contribution in [3.8, 4) is 11.7 Å². The van der Waals surface area contributed by atoms with Gasteiger partial charge in [-0.3, -0.25) is 4.90 Å². The van der Waals surface area contributed by atoms with Gasteiger partial charge in [-0.15, -0.1) is 0 Å². The molecule has 45 heavy (non-hydrogen) atoms. The average molecular weight is 615 g/mol. The maximum absolute atomic E-state index is 11.8. The van der Waals surface area contributed by atoms with E-state index in [1.54, 1.807) is 6.07 Å². The number of fused-ring (bicyclic) bond motifs is 1. The predicted molar refractivity (Wildman–Crippen MR) is 175 cm³/mol. The number of aromatic carboxylic acids is 1. The van der Waals surface area contributed by atoms with Gasteiger partial charge in [-0.2, -0.15) is 9.78 Å². The van der Waals surface area contributed by atoms with Crippen molar-refractivity contribution < 1.29 is 24.1 Å². The van der Waals surface area contributed by atoms with Crippen molar-refractivity contribution >= 4 is 11.5 Å². The normalized spacial score (nSPS) is 18.0. The van der Waals surface area contributed by atoms with Crippen molar-refractivity contribution in [3.05, 3.63) is 87.4 Å². The van der Waals surface area contributed by atoms with E-state index in [0.29, 0.717) is 24.2 Å². The van der Waals surface area contributed by atoms with E-state index in [9.17, 15) is 9.90 Å². The molecule has 0 spiro atoms. The quantitative estimate of drug-likeness (QED) is 0.184. The van der Waals surface area contributed by atoms with Crippen molar-refractivity contribution in [2.75, 3.05) is 19.8 Å². The minimum absolute atomic E-state index is 0.0102. The van der Waals surface area contributed by atoms with Gasteiger partial charge in [0.05, 0.1) is 24.6 Å². The van der Waals surface area contributed by atoms with Gasteiger partial charge in [-0.05, 0) is 100 Å². The fourth-order valence-corrected chi connectivity index (χ4v) is 6.20. The molecule has 9 nitrogen and oxygen atoms in total. The number of hydrogen-bond donors (Lipinski definition) is 1. The highest BCUT2D eigenvalue weighted by molar-refractivity contribution is 5.90. The molecule has 2 aromatic heterocycles. The van der Waals surface area contributed by atoms with Crippen molar-refractivity contribution in [1.82, 2.24) is 19.7 Å². The smallest absolute Gasteiger partial charge is 0.342 e. The van der Waals surface area contributed by atoms with Crippen molar-refractivity contribution in [2.45, 2.75) is 92.5 Å². The molecule has 1 fully saturated rings. The molecule has 1 saturated heterocycles. The van der Waals surface area contributed by atoms with Gasteiger partial charge < -0.3 is 19.3 Å². The largest absolute Gasteiger partial charge is 0.488 e. The molecule has 4 heterocycles. The first-order chi connectivity index (χ1) is 21.7. The lowest BCUT2D eigenvalue weighted by molar-refractivity contribution is 0.0125. The Morgan fingerprint density at radius 2 is 2.07 bits per heavy atom. The van der Waals surface area contributed by atoms with Crippen LogP contribution in [0.3, 0.4) is 0 Å². The molecule has 0 unspecified atom stereocenters. The van der Waals surface area contributed by atoms with Crippen LogP contribution in [0.2, 0.25) is 0 Å². The number of carboxylic acid groups (broad SMARTS) is 1. The molecule has 1 aromatic carbocycles. The topological polar surface area (TPSA) is 98.9 Å². The van der Waals surface area contributed by atoms with Crippen LogP contribution in [0, 0.1) is 6.92 Å². The predicted octanol–water partition coefficient (Wildman–Crippen LogP) is 6.90. The molecular formula is C36H46N4O5. The summed E-state index contributed by atoms with van der Waals surface area (Å²) in [4.78, 5) is 19.3. The van der Waals surface area contributed by atoms with Gasteiger partial charge in [0.15, 0.2) is 5.82 Å². The van der Waals surface area contributed by atoms with E-state index in [1.165, 1.54) is 39.6 Å². The second kappa shape index (κ2) is 14.4. The third kappa shape index (κ3) is 7.15. The summed E-state index contributed by atoms with van der Waals surface area (Å²) in [5, 5.41) is 14.0. The summed E-state index contributed by atoms with van der Waals surface area (Å²) >= 11 is 0. The highest BCUT2D eigenvalue weighted by Crippen LogP contribution is 2.32. The Morgan fingerprint density at radius 3 is 2.76 bits per heavy atom. The van der Waals surface area contributed by atoms with E-state index in [2.05, 4.69) is 42.9 Å². The van der Waals surface area contributed by atoms with Crippen LogP contribution in [0.5, 0.6) is 5.88 Å². The van der Waals surface area contributed by atoms with Gasteiger partial charge >= 0.3 is 5.97 Å². The molecule has 3 aromatic rings. The van der Waals surface area contributed by atoms with Crippen LogP contribution >= 0.6 is 0 Å². The number of carboxylic acids is 1. The third-order valence-electron chi connectivity index (χ3n) is 8.84. The molecule has 0 saturated carbocycles. The van der Waals surface area contributed by atoms with Crippen LogP contribution in [-0.4, -0.2) is 62.6 Å². The maximum atomic E-state index is 11.8. The van der Waals surface area contributed by atoms with Crippen molar-refractivity contribution in [2.24, 2.45) is 0 Å². The van der Waals surface area contributed by atoms with E-state index in [4.69, 9.17) is 19.2 Å². The molecule has 240 valence electrons. The summed E-state index contributed by atoms with van der Waals surface area (Å²) < 4.78 is 19.7. The monoisotopic (exact) mass is 614 g/mol. The number of hydrogen-bond acceptors (Lipinski definition) is 7. The van der Waals surface area contributed by atoms with Crippen LogP contribution in [0.1, 0.15) is 92.2 Å². The molecule has 0 bridgehead atoms. The van der Waals surface area contributed by atoms with Gasteiger partial charge in [-0.1, -0.05) is 31.2 Å². The molecule has 0 amide bonds. The Bertz CT molecular complexity index is 1580. The number of ether oxygens (including phenoxy) is 3. The summed E-state index contributed by atoms with van der Waals surface area (Å²) in [6, 6.07) is 10.6. The summed E-state index contributed by atoms with van der Waals surface area (Å²) in [5.41, 5.74) is 8.04. The van der Waals surface area contributed by atoms with Gasteiger partial charge in [-0.25, -0.2) is 9.78 Å². The second-order valence-corrected chi connectivity index (χ2v) is 12.2. The van der Waals surface area contributed by atoms with Crippen LogP contribution in [-0.2, 0) is 29.0 Å². The van der Waals surface area contributed by atoms with Crippen LogP contribution < -0.4 is 4.74 Å². The Kier molecular flexibility index (Phi) is 10.4. The number of nitrogens with zero attached hydrogens (tertiary/aromatic N) is 4. The molecule has 1 atom stereocenters. The number of pyridine rings is 1. The Balaban J connectivity index is 1.38. The zero-order chi connectivity index (χ0) is 32.1. The highest BCUT2D eigenvalue weighted by atomic mass is 16.5. The molecule has 0 aliphatic carbocycles. The van der Waals surface area contributed by atoms with Crippen LogP contribution in [0.25, 0.3) is 11.4 Å². The van der Waals surface area contributed by atoms with Crippen LogP contribution in [0.4, 0.5) is 0 Å². The van der Waals surface area contributed by atoms with Crippen molar-refractivity contribution in [3.63, 3.8) is 0 Å². The molecule has 1 N–H and O–H groups in total. The lowest BCUT2D eigenvalue weighted by Crippen LogP contribution is -2.44. The first-order valence-electron chi connectivity index (χ1n) is 16.1. The second-order valence-electron chi connectivity index (χ2n) is 12.2. The number of benzene rings is 1. The fraction of sp³-hybridized carbons (Fsp3) is 0.472. The zero-order valence-corrected chi connectivity index (χ0v) is 27.4. The number of carbonyl (C=O) groups is 1. The minimum atomic E-state index is -1.10. The van der Waals surface area contributed by atoms with Gasteiger partial charge in [0.1, 0.15) is 17.9 Å². The van der Waals surface area contributed by atoms with Crippen molar-refractivity contribution in [1.29, 1.82) is 0 Å². The molecule has 0 radical (unpaired) electrons. The Labute approximate surface area is 266 Å². The summed E-state index contributed by atoms with van der Waals surface area (Å²) in [6.45, 7) is 16.3. The van der Waals surface area contributed by atoms with E-state index >= 15 is 0 Å². The number of rotatable bonds is 11. The Morgan fingerprint density at radius 1 is 1.24 bits per heavy atom. The fourth-order valence-electron chi connectivity index (χ4n) is 6.20. The first kappa shape index (κ1) is 32.4. The standard InChI is InChI=1S/C36H46N4O5/c1-7-24(5)34(44-21-27-15-14-26-20-39(17-16-30(26)25(27)6)28-11-10-18-43-22-28)29(8-2)32-12-9-13-33(38-32)40-35(45-23(3)4)31(19-37-40)36(41)42/h8-9,12-15,19,23,28H,7,10-11,16-18,20-22H2,1-6H3,(H,41,42)/b29-8-,34-24+/t28-/m1/s1. The summed E-state index contributed by atoms with van der Waals surface area (Å²) in [5.74, 6) is 0.311.